The molecule has 80 valence electrons. The smallest absolute Gasteiger partial charge is 0.149 e. The molecule has 0 aliphatic carbocycles. The van der Waals surface area contributed by atoms with E-state index in [1.807, 2.05) is 17.5 Å². The van der Waals surface area contributed by atoms with Crippen LogP contribution in [0.4, 0.5) is 0 Å². The Bertz CT molecular complexity index is 359. The first-order valence-corrected chi connectivity index (χ1v) is 7.11. The minimum atomic E-state index is -2.98. The fourth-order valence-corrected chi connectivity index (χ4v) is 2.93. The van der Waals surface area contributed by atoms with Gasteiger partial charge in [0.25, 0.3) is 0 Å². The van der Waals surface area contributed by atoms with Crippen LogP contribution in [0.25, 0.3) is 0 Å². The summed E-state index contributed by atoms with van der Waals surface area (Å²) in [6, 6.07) is 3.70. The molecule has 0 fully saturated rings. The summed E-state index contributed by atoms with van der Waals surface area (Å²) in [6.07, 6.45) is 1.87. The Morgan fingerprint density at radius 3 is 2.79 bits per heavy atom. The molecule has 1 rings (SSSR count). The van der Waals surface area contributed by atoms with Crippen molar-refractivity contribution in [2.75, 3.05) is 12.0 Å². The number of sulfone groups is 1. The quantitative estimate of drug-likeness (QED) is 0.562. The molecule has 0 radical (unpaired) electrons. The molecule has 0 aliphatic heterocycles. The number of nitrogens with one attached hydrogen (secondary N) is 1. The Hall–Kier alpha value is -0.430. The summed E-state index contributed by atoms with van der Waals surface area (Å²) in [5.41, 5.74) is 2.52. The van der Waals surface area contributed by atoms with Gasteiger partial charge in [-0.1, -0.05) is 6.07 Å². The second-order valence-corrected chi connectivity index (χ2v) is 6.46. The Balaban J connectivity index is 2.56. The summed E-state index contributed by atoms with van der Waals surface area (Å²) in [7, 11) is -2.98. The van der Waals surface area contributed by atoms with E-state index in [9.17, 15) is 8.42 Å². The third-order valence-electron chi connectivity index (χ3n) is 1.77. The van der Waals surface area contributed by atoms with Crippen LogP contribution in [0.5, 0.6) is 0 Å². The van der Waals surface area contributed by atoms with Crippen molar-refractivity contribution in [1.29, 1.82) is 0 Å². The van der Waals surface area contributed by atoms with Crippen molar-refractivity contribution < 1.29 is 8.42 Å². The van der Waals surface area contributed by atoms with Crippen LogP contribution in [0.3, 0.4) is 0 Å². The topological polar surface area (TPSA) is 72.2 Å². The summed E-state index contributed by atoms with van der Waals surface area (Å²) in [6.45, 7) is 0. The number of hydrazine groups is 1. The molecule has 4 nitrogen and oxygen atoms in total. The monoisotopic (exact) mass is 234 g/mol. The van der Waals surface area contributed by atoms with Gasteiger partial charge in [-0.05, 0) is 17.9 Å². The average molecular weight is 234 g/mol. The van der Waals surface area contributed by atoms with Gasteiger partial charge in [0.1, 0.15) is 9.84 Å². The van der Waals surface area contributed by atoms with Crippen molar-refractivity contribution >= 4 is 21.2 Å². The zero-order valence-corrected chi connectivity index (χ0v) is 9.57. The van der Waals surface area contributed by atoms with Crippen LogP contribution in [0.15, 0.2) is 17.5 Å². The van der Waals surface area contributed by atoms with E-state index >= 15 is 0 Å². The third-order valence-corrected chi connectivity index (χ3v) is 3.67. The Kier molecular flexibility index (Phi) is 4.06. The van der Waals surface area contributed by atoms with Gasteiger partial charge in [-0.2, -0.15) is 0 Å². The van der Waals surface area contributed by atoms with E-state index in [4.69, 9.17) is 5.84 Å². The highest BCUT2D eigenvalue weighted by Gasteiger charge is 2.14. The third kappa shape index (κ3) is 4.19. The molecule has 0 aliphatic rings. The van der Waals surface area contributed by atoms with Crippen LogP contribution < -0.4 is 11.3 Å². The summed E-state index contributed by atoms with van der Waals surface area (Å²) in [4.78, 5) is 1.14. The van der Waals surface area contributed by atoms with Gasteiger partial charge in [0.15, 0.2) is 0 Å². The van der Waals surface area contributed by atoms with Gasteiger partial charge in [-0.25, -0.2) is 8.42 Å². The van der Waals surface area contributed by atoms with Crippen LogP contribution in [-0.4, -0.2) is 26.5 Å². The van der Waals surface area contributed by atoms with E-state index in [-0.39, 0.29) is 11.8 Å². The maximum atomic E-state index is 11.0. The molecule has 0 spiro atoms. The fourth-order valence-electron chi connectivity index (χ4n) is 1.20. The van der Waals surface area contributed by atoms with E-state index in [0.29, 0.717) is 6.42 Å². The van der Waals surface area contributed by atoms with Crippen LogP contribution >= 0.6 is 11.3 Å². The van der Waals surface area contributed by atoms with E-state index in [1.165, 1.54) is 6.26 Å². The van der Waals surface area contributed by atoms with Crippen LogP contribution in [0.2, 0.25) is 0 Å². The van der Waals surface area contributed by atoms with E-state index < -0.39 is 9.84 Å². The number of rotatable bonds is 5. The molecule has 14 heavy (non-hydrogen) atoms. The highest BCUT2D eigenvalue weighted by molar-refractivity contribution is 7.90. The van der Waals surface area contributed by atoms with E-state index in [1.54, 1.807) is 11.3 Å². The second kappa shape index (κ2) is 4.88. The fraction of sp³-hybridized carbons (Fsp3) is 0.500. The normalized spacial score (nSPS) is 14.1. The predicted octanol–water partition coefficient (Wildman–Crippen LogP) is 0.167. The van der Waals surface area contributed by atoms with Gasteiger partial charge >= 0.3 is 0 Å². The average Bonchev–Trinajstić information content (AvgIpc) is 2.53. The first kappa shape index (κ1) is 11.6. The van der Waals surface area contributed by atoms with Gasteiger partial charge in [0.05, 0.1) is 5.75 Å². The molecular weight excluding hydrogens is 220 g/mol. The van der Waals surface area contributed by atoms with Crippen molar-refractivity contribution in [3.05, 3.63) is 22.4 Å². The molecule has 1 unspecified atom stereocenters. The Morgan fingerprint density at radius 2 is 2.36 bits per heavy atom. The highest BCUT2D eigenvalue weighted by Crippen LogP contribution is 2.11. The zero-order valence-electron chi connectivity index (χ0n) is 7.93. The van der Waals surface area contributed by atoms with Crippen LogP contribution in [0.1, 0.15) is 4.88 Å². The predicted molar refractivity (Wildman–Crippen MR) is 58.8 cm³/mol. The zero-order chi connectivity index (χ0) is 10.6. The number of hydrogen-bond acceptors (Lipinski definition) is 5. The van der Waals surface area contributed by atoms with Gasteiger partial charge < -0.3 is 0 Å². The molecular formula is C8H14N2O2S2. The first-order chi connectivity index (χ1) is 6.51. The lowest BCUT2D eigenvalue weighted by atomic mass is 10.2. The number of thiophene rings is 1. The van der Waals surface area contributed by atoms with E-state index in [2.05, 4.69) is 5.43 Å². The molecule has 0 amide bonds. The molecule has 0 aromatic carbocycles. The molecule has 1 heterocycles. The molecule has 1 atom stereocenters. The molecule has 0 saturated heterocycles. The van der Waals surface area contributed by atoms with Gasteiger partial charge in [0, 0.05) is 17.2 Å². The van der Waals surface area contributed by atoms with Crippen molar-refractivity contribution in [2.24, 2.45) is 5.84 Å². The standard InChI is InChI=1S/C8H14N2O2S2/c1-14(11,12)6-7(10-9)5-8-3-2-4-13-8/h2-4,7,10H,5-6,9H2,1H3. The summed E-state index contributed by atoms with van der Waals surface area (Å²) >= 11 is 1.60. The summed E-state index contributed by atoms with van der Waals surface area (Å²) in [5, 5.41) is 1.96. The maximum Gasteiger partial charge on any atom is 0.149 e. The second-order valence-electron chi connectivity index (χ2n) is 3.24. The lowest BCUT2D eigenvalue weighted by molar-refractivity contribution is 0.548. The lowest BCUT2D eigenvalue weighted by Gasteiger charge is -2.13. The van der Waals surface area contributed by atoms with Crippen molar-refractivity contribution in [2.45, 2.75) is 12.5 Å². The number of hydrogen-bond donors (Lipinski definition) is 2. The van der Waals surface area contributed by atoms with Crippen molar-refractivity contribution in [3.8, 4) is 0 Å². The molecule has 1 aromatic rings. The Labute approximate surface area is 88.0 Å². The summed E-state index contributed by atoms with van der Waals surface area (Å²) < 4.78 is 22.1. The minimum absolute atomic E-state index is 0.0708. The van der Waals surface area contributed by atoms with E-state index in [0.717, 1.165) is 4.88 Å². The van der Waals surface area contributed by atoms with Gasteiger partial charge in [0.2, 0.25) is 0 Å². The molecule has 0 saturated carbocycles. The molecule has 3 N–H and O–H groups in total. The molecule has 6 heteroatoms. The molecule has 1 aromatic heterocycles. The molecule has 0 bridgehead atoms. The largest absolute Gasteiger partial charge is 0.271 e. The highest BCUT2D eigenvalue weighted by atomic mass is 32.2. The maximum absolute atomic E-state index is 11.0. The van der Waals surface area contributed by atoms with Crippen molar-refractivity contribution in [3.63, 3.8) is 0 Å². The SMILES string of the molecule is CS(=O)(=O)CC(Cc1cccs1)NN. The van der Waals surface area contributed by atoms with Crippen LogP contribution in [0, 0.1) is 0 Å². The Morgan fingerprint density at radius 1 is 1.64 bits per heavy atom. The van der Waals surface area contributed by atoms with Crippen LogP contribution in [-0.2, 0) is 16.3 Å². The number of nitrogens with two attached hydrogens (primary N) is 1. The van der Waals surface area contributed by atoms with Gasteiger partial charge in [-0.15, -0.1) is 11.3 Å². The lowest BCUT2D eigenvalue weighted by Crippen LogP contribution is -2.41. The van der Waals surface area contributed by atoms with Gasteiger partial charge in [-0.3, -0.25) is 11.3 Å². The van der Waals surface area contributed by atoms with Crippen molar-refractivity contribution in [1.82, 2.24) is 5.43 Å². The summed E-state index contributed by atoms with van der Waals surface area (Å²) in [5.74, 6) is 5.36. The first-order valence-electron chi connectivity index (χ1n) is 4.17. The minimum Gasteiger partial charge on any atom is -0.271 e.